The van der Waals surface area contributed by atoms with Gasteiger partial charge < -0.3 is 9.47 Å². The van der Waals surface area contributed by atoms with Gasteiger partial charge in [-0.2, -0.15) is 0 Å². The van der Waals surface area contributed by atoms with Crippen LogP contribution in [0.15, 0.2) is 72.9 Å². The highest BCUT2D eigenvalue weighted by Gasteiger charge is 2.33. The van der Waals surface area contributed by atoms with E-state index >= 15 is 0 Å². The predicted molar refractivity (Wildman–Crippen MR) is 108 cm³/mol. The molecule has 0 bridgehead atoms. The van der Waals surface area contributed by atoms with Crippen LogP contribution in [0, 0.1) is 0 Å². The molecule has 1 atom stereocenters. The maximum absolute atomic E-state index is 13.1. The number of rotatable bonds is 4. The summed E-state index contributed by atoms with van der Waals surface area (Å²) in [5, 5.41) is 0.272. The van der Waals surface area contributed by atoms with Crippen LogP contribution in [0.25, 0.3) is 0 Å². The zero-order valence-electron chi connectivity index (χ0n) is 15.3. The third-order valence-electron chi connectivity index (χ3n) is 4.58. The van der Waals surface area contributed by atoms with Crippen molar-refractivity contribution in [3.05, 3.63) is 89.2 Å². The van der Waals surface area contributed by atoms with Crippen LogP contribution < -0.4 is 9.64 Å². The van der Waals surface area contributed by atoms with E-state index in [0.717, 1.165) is 5.56 Å². The second-order valence-electron chi connectivity index (χ2n) is 6.41. The highest BCUT2D eigenvalue weighted by Crippen LogP contribution is 2.39. The normalized spacial score (nSPS) is 15.2. The van der Waals surface area contributed by atoms with E-state index in [1.54, 1.807) is 4.90 Å². The lowest BCUT2D eigenvalue weighted by molar-refractivity contribution is -0.122. The zero-order valence-corrected chi connectivity index (χ0v) is 16.1. The first-order chi connectivity index (χ1) is 14.1. The molecule has 0 fully saturated rings. The molecule has 1 aliphatic heterocycles. The minimum absolute atomic E-state index is 0.226. The van der Waals surface area contributed by atoms with Crippen molar-refractivity contribution in [2.75, 3.05) is 18.1 Å². The Labute approximate surface area is 172 Å². The van der Waals surface area contributed by atoms with Gasteiger partial charge in [-0.3, -0.25) is 9.69 Å². The van der Waals surface area contributed by atoms with E-state index in [1.165, 1.54) is 18.3 Å². The average Bonchev–Trinajstić information content (AvgIpc) is 2.77. The van der Waals surface area contributed by atoms with Gasteiger partial charge in [0.05, 0.1) is 17.3 Å². The lowest BCUT2D eigenvalue weighted by atomic mass is 10.0. The molecule has 4 rings (SSSR count). The third kappa shape index (κ3) is 4.07. The topological polar surface area (TPSA) is 68.7 Å². The Bertz CT molecular complexity index is 1020. The van der Waals surface area contributed by atoms with Crippen LogP contribution in [0.2, 0.25) is 5.15 Å². The molecule has 1 amide bonds. The summed E-state index contributed by atoms with van der Waals surface area (Å²) >= 11 is 5.73. The molecular formula is C22H17ClN2O4. The lowest BCUT2D eigenvalue weighted by Crippen LogP contribution is -2.43. The van der Waals surface area contributed by atoms with E-state index < -0.39 is 12.6 Å². The Kier molecular flexibility index (Phi) is 5.44. The molecule has 1 aliphatic rings. The number of hydrogen-bond acceptors (Lipinski definition) is 5. The maximum Gasteiger partial charge on any atom is 0.340 e. The van der Waals surface area contributed by atoms with Crippen molar-refractivity contribution in [2.24, 2.45) is 0 Å². The minimum atomic E-state index is -0.639. The van der Waals surface area contributed by atoms with Crippen molar-refractivity contribution < 1.29 is 19.1 Å². The van der Waals surface area contributed by atoms with Gasteiger partial charge in [-0.05, 0) is 29.8 Å². The van der Waals surface area contributed by atoms with Crippen molar-refractivity contribution in [3.8, 4) is 5.75 Å². The average molecular weight is 409 g/mol. The molecule has 0 spiro atoms. The fourth-order valence-electron chi connectivity index (χ4n) is 3.19. The lowest BCUT2D eigenvalue weighted by Gasteiger charge is -2.37. The van der Waals surface area contributed by atoms with E-state index in [9.17, 15) is 9.59 Å². The number of ether oxygens (including phenoxy) is 2. The van der Waals surface area contributed by atoms with Crippen LogP contribution in [0.5, 0.6) is 5.75 Å². The van der Waals surface area contributed by atoms with Gasteiger partial charge in [0.25, 0.3) is 5.91 Å². The highest BCUT2D eigenvalue weighted by molar-refractivity contribution is 6.29. The van der Waals surface area contributed by atoms with Gasteiger partial charge >= 0.3 is 5.97 Å². The van der Waals surface area contributed by atoms with Gasteiger partial charge in [-0.25, -0.2) is 9.78 Å². The molecule has 1 aromatic heterocycles. The monoisotopic (exact) mass is 408 g/mol. The number of nitrogens with zero attached hydrogens (tertiary/aromatic N) is 2. The molecule has 0 saturated heterocycles. The van der Waals surface area contributed by atoms with Crippen molar-refractivity contribution in [3.63, 3.8) is 0 Å². The molecule has 0 saturated carbocycles. The summed E-state index contributed by atoms with van der Waals surface area (Å²) in [7, 11) is 0. The number of esters is 1. The van der Waals surface area contributed by atoms with E-state index in [2.05, 4.69) is 4.98 Å². The second kappa shape index (κ2) is 8.32. The van der Waals surface area contributed by atoms with Crippen LogP contribution in [-0.2, 0) is 9.53 Å². The summed E-state index contributed by atoms with van der Waals surface area (Å²) < 4.78 is 11.1. The number of carbonyl (C=O) groups is 2. The molecule has 0 aliphatic carbocycles. The van der Waals surface area contributed by atoms with Crippen LogP contribution in [0.1, 0.15) is 22.0 Å². The summed E-state index contributed by atoms with van der Waals surface area (Å²) in [6.45, 7) is -0.0963. The van der Waals surface area contributed by atoms with E-state index in [4.69, 9.17) is 21.1 Å². The second-order valence-corrected chi connectivity index (χ2v) is 6.80. The number of aromatic nitrogens is 1. The van der Waals surface area contributed by atoms with Gasteiger partial charge in [0, 0.05) is 6.20 Å². The molecule has 146 valence electrons. The number of fused-ring (bicyclic) bond motifs is 1. The first kappa shape index (κ1) is 19.0. The number of pyridine rings is 1. The van der Waals surface area contributed by atoms with Crippen LogP contribution in [-0.4, -0.2) is 30.1 Å². The SMILES string of the molecule is O=C(OCC(=O)N1c2ccccc2OCC1c1ccccc1)c1ccc(Cl)nc1. The molecule has 2 aromatic carbocycles. The molecule has 0 radical (unpaired) electrons. The Balaban J connectivity index is 1.56. The molecule has 6 nitrogen and oxygen atoms in total. The predicted octanol–water partition coefficient (Wildman–Crippen LogP) is 4.06. The van der Waals surface area contributed by atoms with Crippen LogP contribution in [0.4, 0.5) is 5.69 Å². The maximum atomic E-state index is 13.1. The summed E-state index contributed by atoms with van der Waals surface area (Å²) in [5.41, 5.74) is 1.80. The first-order valence-corrected chi connectivity index (χ1v) is 9.39. The molecule has 1 unspecified atom stereocenters. The third-order valence-corrected chi connectivity index (χ3v) is 4.80. The Morgan fingerprint density at radius 2 is 1.83 bits per heavy atom. The molecule has 3 aromatic rings. The Hall–Kier alpha value is -3.38. The van der Waals surface area contributed by atoms with Crippen molar-refractivity contribution in [1.29, 1.82) is 0 Å². The highest BCUT2D eigenvalue weighted by atomic mass is 35.5. The number of benzene rings is 2. The van der Waals surface area contributed by atoms with E-state index in [1.807, 2.05) is 54.6 Å². The number of carbonyl (C=O) groups excluding carboxylic acids is 2. The number of halogens is 1. The number of anilines is 1. The fourth-order valence-corrected chi connectivity index (χ4v) is 3.31. The van der Waals surface area contributed by atoms with Crippen LogP contribution >= 0.6 is 11.6 Å². The molecule has 29 heavy (non-hydrogen) atoms. The molecular weight excluding hydrogens is 392 g/mol. The molecule has 2 heterocycles. The summed E-state index contributed by atoms with van der Waals surface area (Å²) in [5.74, 6) is -0.369. The van der Waals surface area contributed by atoms with E-state index in [-0.39, 0.29) is 22.7 Å². The molecule has 0 N–H and O–H groups in total. The van der Waals surface area contributed by atoms with Crippen molar-refractivity contribution >= 4 is 29.2 Å². The van der Waals surface area contributed by atoms with E-state index in [0.29, 0.717) is 18.0 Å². The van der Waals surface area contributed by atoms with Gasteiger partial charge in [-0.15, -0.1) is 0 Å². The number of amides is 1. The van der Waals surface area contributed by atoms with Crippen molar-refractivity contribution in [2.45, 2.75) is 6.04 Å². The zero-order chi connectivity index (χ0) is 20.2. The standard InChI is InChI=1S/C22H17ClN2O4/c23-20-11-10-16(12-24-20)22(27)29-14-21(26)25-17-8-4-5-9-19(17)28-13-18(25)15-6-2-1-3-7-15/h1-12,18H,13-14H2. The quantitative estimate of drug-likeness (QED) is 0.481. The van der Waals surface area contributed by atoms with Crippen molar-refractivity contribution in [1.82, 2.24) is 4.98 Å². The Morgan fingerprint density at radius 1 is 1.07 bits per heavy atom. The van der Waals surface area contributed by atoms with Gasteiger partial charge in [0.2, 0.25) is 0 Å². The fraction of sp³-hybridized carbons (Fsp3) is 0.136. The van der Waals surface area contributed by atoms with Crippen LogP contribution in [0.3, 0.4) is 0 Å². The van der Waals surface area contributed by atoms with Gasteiger partial charge in [0.1, 0.15) is 17.5 Å². The Morgan fingerprint density at radius 3 is 2.59 bits per heavy atom. The number of hydrogen-bond donors (Lipinski definition) is 0. The summed E-state index contributed by atoms with van der Waals surface area (Å²) in [6, 6.07) is 19.6. The smallest absolute Gasteiger partial charge is 0.340 e. The summed E-state index contributed by atoms with van der Waals surface area (Å²) in [6.07, 6.45) is 1.31. The molecule has 7 heteroatoms. The first-order valence-electron chi connectivity index (χ1n) is 9.01. The number of para-hydroxylation sites is 2. The van der Waals surface area contributed by atoms with Gasteiger partial charge in [-0.1, -0.05) is 54.1 Å². The summed E-state index contributed by atoms with van der Waals surface area (Å²) in [4.78, 5) is 30.8. The largest absolute Gasteiger partial charge is 0.489 e. The minimum Gasteiger partial charge on any atom is -0.489 e. The van der Waals surface area contributed by atoms with Gasteiger partial charge in [0.15, 0.2) is 6.61 Å².